The number of amides is 1. The van der Waals surface area contributed by atoms with E-state index in [1.54, 1.807) is 18.3 Å². The average molecular weight is 284 g/mol. The predicted molar refractivity (Wildman–Crippen MR) is 71.8 cm³/mol. The molecule has 1 N–H and O–H groups in total. The van der Waals surface area contributed by atoms with E-state index in [-0.39, 0.29) is 11.6 Å². The molecular formula is C12H8N6O3. The summed E-state index contributed by atoms with van der Waals surface area (Å²) >= 11 is 0. The average Bonchev–Trinajstić information content (AvgIpc) is 2.89. The fourth-order valence-electron chi connectivity index (χ4n) is 1.70. The topological polar surface area (TPSA) is 115 Å². The molecule has 3 heterocycles. The number of nitrogens with one attached hydrogen (secondary N) is 1. The van der Waals surface area contributed by atoms with Crippen molar-refractivity contribution in [2.45, 2.75) is 0 Å². The lowest BCUT2D eigenvalue weighted by Gasteiger charge is -1.98. The molecule has 104 valence electrons. The molecule has 0 aliphatic heterocycles. The molecule has 0 bridgehead atoms. The first-order valence-corrected chi connectivity index (χ1v) is 5.86. The first kappa shape index (κ1) is 12.7. The van der Waals surface area contributed by atoms with Crippen LogP contribution in [-0.2, 0) is 0 Å². The van der Waals surface area contributed by atoms with Crippen molar-refractivity contribution in [1.29, 1.82) is 0 Å². The molecule has 0 atom stereocenters. The minimum Gasteiger partial charge on any atom is -0.289 e. The van der Waals surface area contributed by atoms with Gasteiger partial charge in [0.2, 0.25) is 5.95 Å². The molecular weight excluding hydrogens is 276 g/mol. The second-order valence-electron chi connectivity index (χ2n) is 4.08. The van der Waals surface area contributed by atoms with Gasteiger partial charge in [-0.15, -0.1) is 5.10 Å². The molecule has 0 spiro atoms. The third-order valence-electron chi connectivity index (χ3n) is 2.68. The molecule has 21 heavy (non-hydrogen) atoms. The standard InChI is InChI=1S/C12H8N6O3/c19-11(8-2-1-5-13-6-8)15-12-14-10-4-3-9(18(20)21)7-17(10)16-12/h1-7H,(H,15,16,19). The van der Waals surface area contributed by atoms with Gasteiger partial charge >= 0.3 is 0 Å². The monoisotopic (exact) mass is 284 g/mol. The highest BCUT2D eigenvalue weighted by Gasteiger charge is 2.12. The lowest BCUT2D eigenvalue weighted by atomic mass is 10.3. The van der Waals surface area contributed by atoms with E-state index in [2.05, 4.69) is 20.4 Å². The Balaban J connectivity index is 1.88. The van der Waals surface area contributed by atoms with Crippen molar-refractivity contribution in [2.75, 3.05) is 5.32 Å². The number of fused-ring (bicyclic) bond motifs is 1. The SMILES string of the molecule is O=C(Nc1nc2ccc([N+](=O)[O-])cn2n1)c1cccnc1. The molecule has 0 radical (unpaired) electrons. The molecule has 0 fully saturated rings. The van der Waals surface area contributed by atoms with Crippen LogP contribution in [0.25, 0.3) is 5.65 Å². The summed E-state index contributed by atoms with van der Waals surface area (Å²) < 4.78 is 1.23. The summed E-state index contributed by atoms with van der Waals surface area (Å²) in [5.41, 5.74) is 0.641. The van der Waals surface area contributed by atoms with Gasteiger partial charge < -0.3 is 0 Å². The summed E-state index contributed by atoms with van der Waals surface area (Å²) in [6, 6.07) is 6.00. The Morgan fingerprint density at radius 3 is 2.90 bits per heavy atom. The summed E-state index contributed by atoms with van der Waals surface area (Å²) in [5, 5.41) is 17.2. The summed E-state index contributed by atoms with van der Waals surface area (Å²) in [6.45, 7) is 0. The molecule has 3 rings (SSSR count). The summed E-state index contributed by atoms with van der Waals surface area (Å²) in [4.78, 5) is 30.0. The van der Waals surface area contributed by atoms with Crippen molar-refractivity contribution in [1.82, 2.24) is 19.6 Å². The minimum atomic E-state index is -0.533. The molecule has 9 heteroatoms. The van der Waals surface area contributed by atoms with Gasteiger partial charge in [0, 0.05) is 18.5 Å². The molecule has 0 saturated carbocycles. The van der Waals surface area contributed by atoms with E-state index in [9.17, 15) is 14.9 Å². The van der Waals surface area contributed by atoms with Crippen molar-refractivity contribution in [3.63, 3.8) is 0 Å². The van der Waals surface area contributed by atoms with Crippen molar-refractivity contribution < 1.29 is 9.72 Å². The number of carbonyl (C=O) groups excluding carboxylic acids is 1. The van der Waals surface area contributed by atoms with Gasteiger partial charge in [0.25, 0.3) is 11.6 Å². The van der Waals surface area contributed by atoms with Crippen molar-refractivity contribution in [2.24, 2.45) is 0 Å². The van der Waals surface area contributed by atoms with Crippen LogP contribution in [0.3, 0.4) is 0 Å². The lowest BCUT2D eigenvalue weighted by Crippen LogP contribution is -2.13. The highest BCUT2D eigenvalue weighted by molar-refractivity contribution is 6.03. The van der Waals surface area contributed by atoms with Gasteiger partial charge in [0.15, 0.2) is 5.65 Å². The van der Waals surface area contributed by atoms with Gasteiger partial charge in [-0.2, -0.15) is 4.98 Å². The van der Waals surface area contributed by atoms with Crippen LogP contribution in [0.5, 0.6) is 0 Å². The second kappa shape index (κ2) is 4.96. The first-order valence-electron chi connectivity index (χ1n) is 5.86. The van der Waals surface area contributed by atoms with Crippen LogP contribution >= 0.6 is 0 Å². The third kappa shape index (κ3) is 2.52. The molecule has 1 amide bonds. The molecule has 9 nitrogen and oxygen atoms in total. The Bertz CT molecular complexity index is 829. The fraction of sp³-hybridized carbons (Fsp3) is 0. The van der Waals surface area contributed by atoms with E-state index in [0.29, 0.717) is 11.2 Å². The quantitative estimate of drug-likeness (QED) is 0.572. The molecule has 0 aliphatic carbocycles. The number of hydrogen-bond donors (Lipinski definition) is 1. The Kier molecular flexibility index (Phi) is 2.99. The van der Waals surface area contributed by atoms with E-state index in [0.717, 1.165) is 0 Å². The maximum Gasteiger partial charge on any atom is 0.287 e. The van der Waals surface area contributed by atoms with Gasteiger partial charge in [-0.25, -0.2) is 4.52 Å². The first-order chi connectivity index (χ1) is 10.1. The number of anilines is 1. The van der Waals surface area contributed by atoms with E-state index in [1.165, 1.54) is 29.0 Å². The smallest absolute Gasteiger partial charge is 0.287 e. The third-order valence-corrected chi connectivity index (χ3v) is 2.68. The van der Waals surface area contributed by atoms with Crippen LogP contribution in [0.4, 0.5) is 11.6 Å². The molecule has 0 aromatic carbocycles. The Hall–Kier alpha value is -3.36. The Morgan fingerprint density at radius 2 is 2.19 bits per heavy atom. The second-order valence-corrected chi connectivity index (χ2v) is 4.08. The highest BCUT2D eigenvalue weighted by Crippen LogP contribution is 2.13. The van der Waals surface area contributed by atoms with E-state index >= 15 is 0 Å². The van der Waals surface area contributed by atoms with Crippen LogP contribution < -0.4 is 5.32 Å². The number of hydrogen-bond acceptors (Lipinski definition) is 6. The van der Waals surface area contributed by atoms with E-state index in [4.69, 9.17) is 0 Å². The number of nitro groups is 1. The van der Waals surface area contributed by atoms with Crippen LogP contribution in [0, 0.1) is 10.1 Å². The molecule has 3 aromatic heterocycles. The van der Waals surface area contributed by atoms with Gasteiger partial charge in [-0.3, -0.25) is 25.2 Å². The van der Waals surface area contributed by atoms with Crippen LogP contribution in [-0.4, -0.2) is 30.4 Å². The number of pyridine rings is 2. The zero-order chi connectivity index (χ0) is 14.8. The van der Waals surface area contributed by atoms with Gasteiger partial charge in [-0.05, 0) is 18.2 Å². The van der Waals surface area contributed by atoms with Crippen molar-refractivity contribution in [3.8, 4) is 0 Å². The van der Waals surface area contributed by atoms with Gasteiger partial charge in [-0.1, -0.05) is 0 Å². The molecule has 0 unspecified atom stereocenters. The maximum atomic E-state index is 11.9. The number of carbonyl (C=O) groups is 1. The number of nitrogens with zero attached hydrogens (tertiary/aromatic N) is 5. The number of rotatable bonds is 3. The number of aromatic nitrogens is 4. The summed E-state index contributed by atoms with van der Waals surface area (Å²) in [7, 11) is 0. The van der Waals surface area contributed by atoms with Crippen LogP contribution in [0.15, 0.2) is 42.9 Å². The zero-order valence-corrected chi connectivity index (χ0v) is 10.5. The zero-order valence-electron chi connectivity index (χ0n) is 10.5. The van der Waals surface area contributed by atoms with Gasteiger partial charge in [0.1, 0.15) is 6.20 Å². The maximum absolute atomic E-state index is 11.9. The van der Waals surface area contributed by atoms with Crippen molar-refractivity contribution >= 4 is 23.2 Å². The minimum absolute atomic E-state index is 0.0596. The Morgan fingerprint density at radius 1 is 1.33 bits per heavy atom. The normalized spacial score (nSPS) is 10.5. The van der Waals surface area contributed by atoms with Gasteiger partial charge in [0.05, 0.1) is 10.5 Å². The molecule has 0 saturated heterocycles. The molecule has 0 aliphatic rings. The van der Waals surface area contributed by atoms with Crippen LogP contribution in [0.1, 0.15) is 10.4 Å². The molecule has 3 aromatic rings. The van der Waals surface area contributed by atoms with Crippen LogP contribution in [0.2, 0.25) is 0 Å². The fourth-order valence-corrected chi connectivity index (χ4v) is 1.70. The summed E-state index contributed by atoms with van der Waals surface area (Å²) in [5.74, 6) is -0.349. The van der Waals surface area contributed by atoms with E-state index in [1.807, 2.05) is 0 Å². The lowest BCUT2D eigenvalue weighted by molar-refractivity contribution is -0.385. The largest absolute Gasteiger partial charge is 0.289 e. The summed E-state index contributed by atoms with van der Waals surface area (Å²) in [6.07, 6.45) is 4.19. The van der Waals surface area contributed by atoms with Crippen molar-refractivity contribution in [3.05, 3.63) is 58.5 Å². The predicted octanol–water partition coefficient (Wildman–Crippen LogP) is 1.28. The highest BCUT2D eigenvalue weighted by atomic mass is 16.6. The van der Waals surface area contributed by atoms with E-state index < -0.39 is 10.8 Å². The Labute approximate surface area is 117 Å².